The lowest BCUT2D eigenvalue weighted by Gasteiger charge is -2.28. The first-order valence-electron chi connectivity index (χ1n) is 6.87. The maximum atomic E-state index is 12.3. The molecular formula is C13H24ClN3O2. The van der Waals surface area contributed by atoms with Crippen molar-refractivity contribution >= 4 is 24.2 Å². The molecular weight excluding hydrogens is 266 g/mol. The maximum absolute atomic E-state index is 12.3. The van der Waals surface area contributed by atoms with E-state index < -0.39 is 0 Å². The van der Waals surface area contributed by atoms with Gasteiger partial charge >= 0.3 is 0 Å². The molecule has 0 aromatic rings. The van der Waals surface area contributed by atoms with E-state index in [1.807, 2.05) is 13.8 Å². The molecule has 1 aliphatic heterocycles. The van der Waals surface area contributed by atoms with E-state index in [2.05, 4.69) is 5.32 Å². The molecule has 5 nitrogen and oxygen atoms in total. The van der Waals surface area contributed by atoms with E-state index >= 15 is 0 Å². The Morgan fingerprint density at radius 1 is 1.26 bits per heavy atom. The van der Waals surface area contributed by atoms with Gasteiger partial charge in [-0.1, -0.05) is 6.92 Å². The molecule has 0 spiro atoms. The summed E-state index contributed by atoms with van der Waals surface area (Å²) in [6.07, 6.45) is 3.82. The summed E-state index contributed by atoms with van der Waals surface area (Å²) in [5.41, 5.74) is 5.77. The minimum absolute atomic E-state index is 0. The summed E-state index contributed by atoms with van der Waals surface area (Å²) >= 11 is 0. The van der Waals surface area contributed by atoms with E-state index in [1.165, 1.54) is 0 Å². The zero-order valence-corrected chi connectivity index (χ0v) is 12.4. The van der Waals surface area contributed by atoms with E-state index in [0.29, 0.717) is 12.6 Å². The van der Waals surface area contributed by atoms with Crippen LogP contribution in [0.3, 0.4) is 0 Å². The number of rotatable bonds is 4. The molecule has 0 aromatic heterocycles. The molecule has 1 aliphatic carbocycles. The molecule has 3 atom stereocenters. The number of nitrogens with zero attached hydrogens (tertiary/aromatic N) is 1. The number of likely N-dealkylation sites (tertiary alicyclic amines) is 1. The number of halogens is 1. The van der Waals surface area contributed by atoms with Gasteiger partial charge in [-0.15, -0.1) is 12.4 Å². The topological polar surface area (TPSA) is 75.4 Å². The van der Waals surface area contributed by atoms with E-state index in [0.717, 1.165) is 25.7 Å². The maximum Gasteiger partial charge on any atom is 0.243 e. The Morgan fingerprint density at radius 2 is 1.89 bits per heavy atom. The van der Waals surface area contributed by atoms with Crippen molar-refractivity contribution in [1.29, 1.82) is 0 Å². The molecule has 2 aliphatic rings. The molecule has 0 radical (unpaired) electrons. The molecule has 0 aromatic carbocycles. The predicted octanol–water partition coefficient (Wildman–Crippen LogP) is 0.661. The van der Waals surface area contributed by atoms with Gasteiger partial charge in [-0.25, -0.2) is 0 Å². The van der Waals surface area contributed by atoms with Gasteiger partial charge in [-0.2, -0.15) is 0 Å². The van der Waals surface area contributed by atoms with Crippen LogP contribution in [0.25, 0.3) is 0 Å². The van der Waals surface area contributed by atoms with E-state index in [9.17, 15) is 9.59 Å². The first-order valence-corrected chi connectivity index (χ1v) is 6.87. The van der Waals surface area contributed by atoms with Gasteiger partial charge in [0, 0.05) is 18.6 Å². The number of nitrogens with one attached hydrogen (secondary N) is 1. The van der Waals surface area contributed by atoms with Crippen molar-refractivity contribution in [3.8, 4) is 0 Å². The average Bonchev–Trinajstić information content (AvgIpc) is 3.00. The van der Waals surface area contributed by atoms with Gasteiger partial charge in [-0.3, -0.25) is 9.59 Å². The Hall–Kier alpha value is -0.810. The van der Waals surface area contributed by atoms with Crippen LogP contribution < -0.4 is 11.1 Å². The lowest BCUT2D eigenvalue weighted by atomic mass is 10.0. The second-order valence-corrected chi connectivity index (χ2v) is 5.62. The standard InChI is InChI=1S/C13H23N3O2.ClH/c1-8(9(2)14)13(18)16-7-3-4-11(16)12(17)15-10-5-6-10;/h8-11H,3-7,14H2,1-2H3,(H,15,17);1H. The van der Waals surface area contributed by atoms with E-state index in [-0.39, 0.29) is 42.2 Å². The SMILES string of the molecule is CC(N)C(C)C(=O)N1CCCC1C(=O)NC1CC1.Cl. The quantitative estimate of drug-likeness (QED) is 0.798. The summed E-state index contributed by atoms with van der Waals surface area (Å²) < 4.78 is 0. The van der Waals surface area contributed by atoms with Crippen LogP contribution in [0.5, 0.6) is 0 Å². The molecule has 1 saturated carbocycles. The molecule has 19 heavy (non-hydrogen) atoms. The van der Waals surface area contributed by atoms with Crippen molar-refractivity contribution < 1.29 is 9.59 Å². The van der Waals surface area contributed by atoms with Gasteiger partial charge in [-0.05, 0) is 32.6 Å². The van der Waals surface area contributed by atoms with Gasteiger partial charge < -0.3 is 16.0 Å². The van der Waals surface area contributed by atoms with Crippen LogP contribution in [0.4, 0.5) is 0 Å². The van der Waals surface area contributed by atoms with Crippen LogP contribution in [0.1, 0.15) is 39.5 Å². The Balaban J connectivity index is 0.00000180. The lowest BCUT2D eigenvalue weighted by molar-refractivity contribution is -0.141. The average molecular weight is 290 g/mol. The highest BCUT2D eigenvalue weighted by atomic mass is 35.5. The van der Waals surface area contributed by atoms with Crippen LogP contribution in [-0.4, -0.2) is 41.4 Å². The Labute approximate surface area is 120 Å². The molecule has 0 bridgehead atoms. The molecule has 1 heterocycles. The number of amides is 2. The van der Waals surface area contributed by atoms with Crippen LogP contribution in [0.15, 0.2) is 0 Å². The van der Waals surface area contributed by atoms with Gasteiger partial charge in [0.2, 0.25) is 11.8 Å². The highest BCUT2D eigenvalue weighted by Crippen LogP contribution is 2.23. The normalized spacial score (nSPS) is 25.4. The van der Waals surface area contributed by atoms with Crippen molar-refractivity contribution in [1.82, 2.24) is 10.2 Å². The van der Waals surface area contributed by atoms with E-state index in [1.54, 1.807) is 4.90 Å². The Morgan fingerprint density at radius 3 is 2.42 bits per heavy atom. The fourth-order valence-electron chi connectivity index (χ4n) is 2.31. The third kappa shape index (κ3) is 3.83. The minimum atomic E-state index is -0.278. The molecule has 6 heteroatoms. The summed E-state index contributed by atoms with van der Waals surface area (Å²) in [7, 11) is 0. The second kappa shape index (κ2) is 6.57. The van der Waals surface area contributed by atoms with Crippen LogP contribution in [0, 0.1) is 5.92 Å². The summed E-state index contributed by atoms with van der Waals surface area (Å²) in [4.78, 5) is 26.0. The summed E-state index contributed by atoms with van der Waals surface area (Å²) in [6.45, 7) is 4.34. The highest BCUT2D eigenvalue weighted by Gasteiger charge is 2.38. The molecule has 3 unspecified atom stereocenters. The second-order valence-electron chi connectivity index (χ2n) is 5.62. The van der Waals surface area contributed by atoms with Crippen molar-refractivity contribution in [2.45, 2.75) is 57.7 Å². The lowest BCUT2D eigenvalue weighted by Crippen LogP contribution is -2.50. The fourth-order valence-corrected chi connectivity index (χ4v) is 2.31. The molecule has 110 valence electrons. The predicted molar refractivity (Wildman–Crippen MR) is 76.0 cm³/mol. The fraction of sp³-hybridized carbons (Fsp3) is 0.846. The Kier molecular flexibility index (Phi) is 5.62. The van der Waals surface area contributed by atoms with Crippen molar-refractivity contribution in [2.75, 3.05) is 6.54 Å². The molecule has 2 rings (SSSR count). The van der Waals surface area contributed by atoms with Crippen molar-refractivity contribution in [3.05, 3.63) is 0 Å². The number of carbonyl (C=O) groups excluding carboxylic acids is 2. The molecule has 2 fully saturated rings. The summed E-state index contributed by atoms with van der Waals surface area (Å²) in [5, 5.41) is 2.98. The van der Waals surface area contributed by atoms with Gasteiger partial charge in [0.15, 0.2) is 0 Å². The van der Waals surface area contributed by atoms with Crippen LogP contribution in [-0.2, 0) is 9.59 Å². The zero-order chi connectivity index (χ0) is 13.3. The van der Waals surface area contributed by atoms with E-state index in [4.69, 9.17) is 5.73 Å². The van der Waals surface area contributed by atoms with Crippen molar-refractivity contribution in [2.24, 2.45) is 11.7 Å². The van der Waals surface area contributed by atoms with Gasteiger partial charge in [0.05, 0.1) is 5.92 Å². The summed E-state index contributed by atoms with van der Waals surface area (Å²) in [6, 6.07) is -0.106. The highest BCUT2D eigenvalue weighted by molar-refractivity contribution is 5.89. The first-order chi connectivity index (χ1) is 8.50. The third-order valence-corrected chi connectivity index (χ3v) is 3.94. The third-order valence-electron chi connectivity index (χ3n) is 3.94. The number of nitrogens with two attached hydrogens (primary N) is 1. The summed E-state index contributed by atoms with van der Waals surface area (Å²) in [5.74, 6) is -0.196. The van der Waals surface area contributed by atoms with Gasteiger partial charge in [0.25, 0.3) is 0 Å². The van der Waals surface area contributed by atoms with Gasteiger partial charge in [0.1, 0.15) is 6.04 Å². The number of carbonyl (C=O) groups is 2. The number of hydrogen-bond donors (Lipinski definition) is 2. The largest absolute Gasteiger partial charge is 0.352 e. The Bertz CT molecular complexity index is 345. The molecule has 3 N–H and O–H groups in total. The monoisotopic (exact) mass is 289 g/mol. The van der Waals surface area contributed by atoms with Crippen LogP contribution in [0.2, 0.25) is 0 Å². The van der Waals surface area contributed by atoms with Crippen molar-refractivity contribution in [3.63, 3.8) is 0 Å². The number of hydrogen-bond acceptors (Lipinski definition) is 3. The first kappa shape index (κ1) is 16.2. The zero-order valence-electron chi connectivity index (χ0n) is 11.6. The van der Waals surface area contributed by atoms with Crippen LogP contribution >= 0.6 is 12.4 Å². The molecule has 2 amide bonds. The minimum Gasteiger partial charge on any atom is -0.352 e. The molecule has 1 saturated heterocycles. The smallest absolute Gasteiger partial charge is 0.243 e.